The molecule has 0 aliphatic carbocycles. The fraction of sp³-hybridized carbons (Fsp3) is 0.0345. The summed E-state index contributed by atoms with van der Waals surface area (Å²) >= 11 is 0. The van der Waals surface area contributed by atoms with Crippen molar-refractivity contribution in [1.82, 2.24) is 9.97 Å². The number of fused-ring (bicyclic) bond motifs is 3. The molecule has 0 saturated carbocycles. The lowest BCUT2D eigenvalue weighted by molar-refractivity contribution is 0.669. The van der Waals surface area contributed by atoms with Gasteiger partial charge in [-0.2, -0.15) is 0 Å². The van der Waals surface area contributed by atoms with Crippen molar-refractivity contribution in [1.29, 1.82) is 0 Å². The summed E-state index contributed by atoms with van der Waals surface area (Å²) < 4.78 is 5.98. The van der Waals surface area contributed by atoms with E-state index in [4.69, 9.17) is 14.4 Å². The Balaban J connectivity index is 1.46. The molecule has 0 amide bonds. The maximum absolute atomic E-state index is 5.98. The molecule has 6 rings (SSSR count). The first kappa shape index (κ1) is 18.5. The number of aryl methyl sites for hydroxylation is 1. The molecule has 3 nitrogen and oxygen atoms in total. The Kier molecular flexibility index (Phi) is 4.32. The van der Waals surface area contributed by atoms with Gasteiger partial charge in [0, 0.05) is 21.9 Å². The zero-order valence-electron chi connectivity index (χ0n) is 17.6. The van der Waals surface area contributed by atoms with Crippen molar-refractivity contribution in [2.45, 2.75) is 6.92 Å². The van der Waals surface area contributed by atoms with Gasteiger partial charge in [0.1, 0.15) is 17.0 Å². The number of para-hydroxylation sites is 1. The quantitative estimate of drug-likeness (QED) is 0.299. The Bertz CT molecular complexity index is 1580. The summed E-state index contributed by atoms with van der Waals surface area (Å²) in [4.78, 5) is 9.48. The molecule has 0 unspecified atom stereocenters. The molecule has 2 aromatic heterocycles. The van der Waals surface area contributed by atoms with Crippen molar-refractivity contribution in [3.05, 3.63) is 109 Å². The summed E-state index contributed by atoms with van der Waals surface area (Å²) in [6.07, 6.45) is 0. The second kappa shape index (κ2) is 7.47. The van der Waals surface area contributed by atoms with Crippen LogP contribution in [-0.4, -0.2) is 9.97 Å². The molecule has 3 heteroatoms. The lowest BCUT2D eigenvalue weighted by atomic mass is 10.0. The molecule has 152 valence electrons. The van der Waals surface area contributed by atoms with Crippen molar-refractivity contribution in [3.63, 3.8) is 0 Å². The van der Waals surface area contributed by atoms with Crippen molar-refractivity contribution in [2.75, 3.05) is 0 Å². The molecule has 6 aromatic rings. The van der Waals surface area contributed by atoms with E-state index in [1.165, 1.54) is 11.1 Å². The van der Waals surface area contributed by atoms with Crippen LogP contribution in [0.2, 0.25) is 0 Å². The normalized spacial score (nSPS) is 11.3. The summed E-state index contributed by atoms with van der Waals surface area (Å²) in [5.74, 6) is 0.750. The topological polar surface area (TPSA) is 38.9 Å². The monoisotopic (exact) mass is 412 g/mol. The van der Waals surface area contributed by atoms with Gasteiger partial charge in [-0.05, 0) is 54.4 Å². The van der Waals surface area contributed by atoms with E-state index in [-0.39, 0.29) is 0 Å². The van der Waals surface area contributed by atoms with Crippen LogP contribution in [0.4, 0.5) is 0 Å². The molecule has 0 fully saturated rings. The van der Waals surface area contributed by atoms with Gasteiger partial charge in [0.05, 0.1) is 11.4 Å². The molecular formula is C29H20N2O. The minimum absolute atomic E-state index is 0.750. The molecule has 4 aromatic carbocycles. The van der Waals surface area contributed by atoms with E-state index < -0.39 is 0 Å². The van der Waals surface area contributed by atoms with Crippen LogP contribution < -0.4 is 0 Å². The van der Waals surface area contributed by atoms with E-state index in [9.17, 15) is 0 Å². The van der Waals surface area contributed by atoms with Crippen molar-refractivity contribution in [3.8, 4) is 33.6 Å². The lowest BCUT2D eigenvalue weighted by Crippen LogP contribution is -1.95. The number of rotatable bonds is 3. The largest absolute Gasteiger partial charge is 0.456 e. The Morgan fingerprint density at radius 2 is 1.16 bits per heavy atom. The van der Waals surface area contributed by atoms with Crippen LogP contribution in [0.25, 0.3) is 55.6 Å². The molecular weight excluding hydrogens is 392 g/mol. The van der Waals surface area contributed by atoms with Crippen LogP contribution in [0.1, 0.15) is 5.82 Å². The summed E-state index contributed by atoms with van der Waals surface area (Å²) in [6, 6.07) is 35.4. The van der Waals surface area contributed by atoms with Gasteiger partial charge in [0.2, 0.25) is 0 Å². The van der Waals surface area contributed by atoms with Gasteiger partial charge in [-0.15, -0.1) is 0 Å². The number of hydrogen-bond acceptors (Lipinski definition) is 3. The van der Waals surface area contributed by atoms with E-state index in [2.05, 4.69) is 72.8 Å². The van der Waals surface area contributed by atoms with Crippen molar-refractivity contribution < 1.29 is 4.42 Å². The minimum Gasteiger partial charge on any atom is -0.456 e. The van der Waals surface area contributed by atoms with E-state index in [1.54, 1.807) is 0 Å². The molecule has 0 saturated heterocycles. The Labute approximate surface area is 186 Å². The fourth-order valence-corrected chi connectivity index (χ4v) is 4.24. The molecule has 32 heavy (non-hydrogen) atoms. The Morgan fingerprint density at radius 3 is 2.00 bits per heavy atom. The van der Waals surface area contributed by atoms with E-state index in [0.717, 1.165) is 50.3 Å². The highest BCUT2D eigenvalue weighted by atomic mass is 16.3. The predicted molar refractivity (Wildman–Crippen MR) is 130 cm³/mol. The van der Waals surface area contributed by atoms with Gasteiger partial charge in [-0.3, -0.25) is 0 Å². The van der Waals surface area contributed by atoms with Crippen molar-refractivity contribution >= 4 is 21.9 Å². The average molecular weight is 412 g/mol. The number of benzene rings is 4. The van der Waals surface area contributed by atoms with Crippen LogP contribution in [0, 0.1) is 6.92 Å². The molecule has 0 aliphatic heterocycles. The van der Waals surface area contributed by atoms with Gasteiger partial charge in [-0.1, -0.05) is 66.7 Å². The maximum Gasteiger partial charge on any atom is 0.135 e. The summed E-state index contributed by atoms with van der Waals surface area (Å²) in [7, 11) is 0. The van der Waals surface area contributed by atoms with Crippen LogP contribution in [0.3, 0.4) is 0 Å². The SMILES string of the molecule is Cc1nc(-c2cccc(-c3ccccc3)c2)cc(-c2ccc3oc4ccccc4c3c2)n1. The molecule has 0 N–H and O–H groups in total. The molecule has 0 radical (unpaired) electrons. The van der Waals surface area contributed by atoms with E-state index >= 15 is 0 Å². The van der Waals surface area contributed by atoms with Gasteiger partial charge in [-0.25, -0.2) is 9.97 Å². The molecule has 0 bridgehead atoms. The highest BCUT2D eigenvalue weighted by molar-refractivity contribution is 6.06. The van der Waals surface area contributed by atoms with Gasteiger partial charge in [0.25, 0.3) is 0 Å². The second-order valence-electron chi connectivity index (χ2n) is 7.94. The summed E-state index contributed by atoms with van der Waals surface area (Å²) in [5, 5.41) is 2.22. The standard InChI is InChI=1S/C29H20N2O/c1-19-30-26(22-11-7-10-21(16-22)20-8-3-2-4-9-20)18-27(31-19)23-14-15-29-25(17-23)24-12-5-6-13-28(24)32-29/h2-18H,1H3. The zero-order chi connectivity index (χ0) is 21.5. The van der Waals surface area contributed by atoms with Crippen molar-refractivity contribution in [2.24, 2.45) is 0 Å². The van der Waals surface area contributed by atoms with E-state index in [0.29, 0.717) is 0 Å². The molecule has 0 aliphatic rings. The zero-order valence-corrected chi connectivity index (χ0v) is 17.6. The number of nitrogens with zero attached hydrogens (tertiary/aromatic N) is 2. The highest BCUT2D eigenvalue weighted by Crippen LogP contribution is 2.33. The number of aromatic nitrogens is 2. The highest BCUT2D eigenvalue weighted by Gasteiger charge is 2.11. The average Bonchev–Trinajstić information content (AvgIpc) is 3.22. The minimum atomic E-state index is 0.750. The van der Waals surface area contributed by atoms with Crippen LogP contribution >= 0.6 is 0 Å². The molecule has 0 atom stereocenters. The third kappa shape index (κ3) is 3.25. The summed E-state index contributed by atoms with van der Waals surface area (Å²) in [5.41, 5.74) is 8.11. The Morgan fingerprint density at radius 1 is 0.500 bits per heavy atom. The molecule has 2 heterocycles. The van der Waals surface area contributed by atoms with Gasteiger partial charge < -0.3 is 4.42 Å². The third-order valence-corrected chi connectivity index (χ3v) is 5.78. The first-order valence-corrected chi connectivity index (χ1v) is 10.7. The Hall–Kier alpha value is -4.24. The predicted octanol–water partition coefficient (Wildman–Crippen LogP) is 7.69. The first-order chi connectivity index (χ1) is 15.7. The third-order valence-electron chi connectivity index (χ3n) is 5.78. The van der Waals surface area contributed by atoms with E-state index in [1.807, 2.05) is 37.3 Å². The van der Waals surface area contributed by atoms with Crippen LogP contribution in [0.5, 0.6) is 0 Å². The fourth-order valence-electron chi connectivity index (χ4n) is 4.24. The summed E-state index contributed by atoms with van der Waals surface area (Å²) in [6.45, 7) is 1.94. The lowest BCUT2D eigenvalue weighted by Gasteiger charge is -2.09. The van der Waals surface area contributed by atoms with Crippen LogP contribution in [0.15, 0.2) is 108 Å². The van der Waals surface area contributed by atoms with Crippen LogP contribution in [-0.2, 0) is 0 Å². The number of hydrogen-bond donors (Lipinski definition) is 0. The van der Waals surface area contributed by atoms with Gasteiger partial charge >= 0.3 is 0 Å². The maximum atomic E-state index is 5.98. The first-order valence-electron chi connectivity index (χ1n) is 10.7. The number of furan rings is 1. The molecule has 0 spiro atoms. The van der Waals surface area contributed by atoms with Gasteiger partial charge in [0.15, 0.2) is 0 Å². The smallest absolute Gasteiger partial charge is 0.135 e. The second-order valence-corrected chi connectivity index (χ2v) is 7.94.